The minimum absolute atomic E-state index is 0.0699. The molecule has 1 amide bonds. The summed E-state index contributed by atoms with van der Waals surface area (Å²) in [5, 5.41) is 6.29. The van der Waals surface area contributed by atoms with Gasteiger partial charge in [-0.2, -0.15) is 0 Å². The second-order valence-corrected chi connectivity index (χ2v) is 5.57. The zero-order chi connectivity index (χ0) is 14.3. The fraction of sp³-hybridized carbons (Fsp3) is 0.929. The van der Waals surface area contributed by atoms with E-state index in [0.717, 1.165) is 32.5 Å². The van der Waals surface area contributed by atoms with Gasteiger partial charge in [-0.15, -0.1) is 0 Å². The molecule has 0 aromatic heterocycles. The van der Waals surface area contributed by atoms with Gasteiger partial charge in [-0.05, 0) is 12.8 Å². The van der Waals surface area contributed by atoms with Crippen molar-refractivity contribution in [3.63, 3.8) is 0 Å². The number of hydrogen-bond donors (Lipinski definition) is 2. The van der Waals surface area contributed by atoms with Gasteiger partial charge in [-0.3, -0.25) is 4.79 Å². The van der Waals surface area contributed by atoms with Crippen molar-refractivity contribution in [2.24, 2.45) is 0 Å². The van der Waals surface area contributed by atoms with Gasteiger partial charge in [0.05, 0.1) is 18.8 Å². The van der Waals surface area contributed by atoms with Gasteiger partial charge in [0.1, 0.15) is 0 Å². The van der Waals surface area contributed by atoms with Crippen LogP contribution in [0.15, 0.2) is 0 Å². The van der Waals surface area contributed by atoms with Crippen molar-refractivity contribution in [2.75, 3.05) is 46.6 Å². The molecule has 0 radical (unpaired) electrons. The van der Waals surface area contributed by atoms with Crippen LogP contribution in [0, 0.1) is 0 Å². The van der Waals surface area contributed by atoms with Crippen molar-refractivity contribution in [3.8, 4) is 0 Å². The summed E-state index contributed by atoms with van der Waals surface area (Å²) in [6.07, 6.45) is 3.48. The van der Waals surface area contributed by atoms with E-state index in [1.54, 1.807) is 7.11 Å². The van der Waals surface area contributed by atoms with Crippen molar-refractivity contribution >= 4 is 5.91 Å². The third-order valence-electron chi connectivity index (χ3n) is 3.97. The summed E-state index contributed by atoms with van der Waals surface area (Å²) in [6, 6.07) is 0.428. The van der Waals surface area contributed by atoms with Gasteiger partial charge in [-0.25, -0.2) is 0 Å². The number of nitrogens with one attached hydrogen (secondary N) is 2. The molecule has 116 valence electrons. The largest absolute Gasteiger partial charge is 0.383 e. The average Bonchev–Trinajstić information content (AvgIpc) is 2.87. The Bertz CT molecular complexity index is 306. The van der Waals surface area contributed by atoms with Crippen LogP contribution >= 0.6 is 0 Å². The molecule has 20 heavy (non-hydrogen) atoms. The Hall–Kier alpha value is -0.690. The lowest BCUT2D eigenvalue weighted by Crippen LogP contribution is -2.48. The van der Waals surface area contributed by atoms with Crippen LogP contribution in [-0.2, 0) is 19.0 Å². The third kappa shape index (κ3) is 4.70. The van der Waals surface area contributed by atoms with Gasteiger partial charge in [0.25, 0.3) is 0 Å². The zero-order valence-electron chi connectivity index (χ0n) is 12.3. The minimum atomic E-state index is -0.0728. The smallest absolute Gasteiger partial charge is 0.221 e. The highest BCUT2D eigenvalue weighted by Crippen LogP contribution is 2.32. The summed E-state index contributed by atoms with van der Waals surface area (Å²) in [5.41, 5.74) is -0.0728. The van der Waals surface area contributed by atoms with E-state index >= 15 is 0 Å². The maximum Gasteiger partial charge on any atom is 0.221 e. The number of ether oxygens (including phenoxy) is 3. The number of hydrogen-bond acceptors (Lipinski definition) is 5. The molecule has 0 aromatic carbocycles. The predicted octanol–water partition coefficient (Wildman–Crippen LogP) is 0.0668. The Kier molecular flexibility index (Phi) is 6.22. The molecule has 0 aromatic rings. The van der Waals surface area contributed by atoms with E-state index in [1.807, 2.05) is 0 Å². The molecule has 2 fully saturated rings. The van der Waals surface area contributed by atoms with Gasteiger partial charge in [0.2, 0.25) is 5.91 Å². The first-order valence-corrected chi connectivity index (χ1v) is 7.45. The van der Waals surface area contributed by atoms with Crippen LogP contribution < -0.4 is 10.6 Å². The standard InChI is InChI=1S/C14H26N2O4/c1-18-9-6-16-13(17)2-5-15-12-3-7-20-14(10-12)4-8-19-11-14/h12,15H,2-11H2,1H3,(H,16,17). The van der Waals surface area contributed by atoms with E-state index in [0.29, 0.717) is 38.8 Å². The molecule has 2 rings (SSSR count). The number of rotatable bonds is 7. The molecule has 0 aliphatic carbocycles. The van der Waals surface area contributed by atoms with Crippen LogP contribution in [0.25, 0.3) is 0 Å². The van der Waals surface area contributed by atoms with Crippen molar-refractivity contribution in [2.45, 2.75) is 37.3 Å². The molecule has 1 spiro atoms. The lowest BCUT2D eigenvalue weighted by atomic mass is 9.89. The van der Waals surface area contributed by atoms with E-state index in [4.69, 9.17) is 14.2 Å². The fourth-order valence-electron chi connectivity index (χ4n) is 2.84. The molecule has 0 saturated carbocycles. The van der Waals surface area contributed by atoms with Crippen molar-refractivity contribution < 1.29 is 19.0 Å². The molecular weight excluding hydrogens is 260 g/mol. The Morgan fingerprint density at radius 1 is 1.40 bits per heavy atom. The fourth-order valence-corrected chi connectivity index (χ4v) is 2.84. The summed E-state index contributed by atoms with van der Waals surface area (Å²) < 4.78 is 16.2. The van der Waals surface area contributed by atoms with Crippen LogP contribution in [0.1, 0.15) is 25.7 Å². The maximum absolute atomic E-state index is 11.6. The molecule has 2 N–H and O–H groups in total. The predicted molar refractivity (Wildman–Crippen MR) is 74.6 cm³/mol. The van der Waals surface area contributed by atoms with E-state index in [1.165, 1.54) is 0 Å². The van der Waals surface area contributed by atoms with Gasteiger partial charge in [0, 0.05) is 52.3 Å². The Labute approximate surface area is 120 Å². The normalized spacial score (nSPS) is 29.8. The molecule has 0 bridgehead atoms. The van der Waals surface area contributed by atoms with Crippen LogP contribution in [-0.4, -0.2) is 64.2 Å². The summed E-state index contributed by atoms with van der Waals surface area (Å²) in [6.45, 7) is 4.13. The van der Waals surface area contributed by atoms with Crippen molar-refractivity contribution in [1.82, 2.24) is 10.6 Å². The quantitative estimate of drug-likeness (QED) is 0.648. The Morgan fingerprint density at radius 2 is 2.30 bits per heavy atom. The van der Waals surface area contributed by atoms with E-state index in [-0.39, 0.29) is 11.5 Å². The average molecular weight is 286 g/mol. The monoisotopic (exact) mass is 286 g/mol. The molecule has 6 nitrogen and oxygen atoms in total. The highest BCUT2D eigenvalue weighted by Gasteiger charge is 2.40. The highest BCUT2D eigenvalue weighted by molar-refractivity contribution is 5.76. The van der Waals surface area contributed by atoms with Crippen molar-refractivity contribution in [3.05, 3.63) is 0 Å². The van der Waals surface area contributed by atoms with Crippen LogP contribution in [0.3, 0.4) is 0 Å². The molecule has 2 unspecified atom stereocenters. The molecule has 6 heteroatoms. The minimum Gasteiger partial charge on any atom is -0.383 e. The molecular formula is C14H26N2O4. The first-order valence-electron chi connectivity index (χ1n) is 7.45. The van der Waals surface area contributed by atoms with Crippen molar-refractivity contribution in [1.29, 1.82) is 0 Å². The number of carbonyl (C=O) groups is 1. The van der Waals surface area contributed by atoms with Crippen LogP contribution in [0.5, 0.6) is 0 Å². The van der Waals surface area contributed by atoms with Gasteiger partial charge >= 0.3 is 0 Å². The lowest BCUT2D eigenvalue weighted by molar-refractivity contribution is -0.121. The molecule has 2 saturated heterocycles. The molecule has 2 heterocycles. The molecule has 2 atom stereocenters. The maximum atomic E-state index is 11.6. The zero-order valence-corrected chi connectivity index (χ0v) is 12.3. The third-order valence-corrected chi connectivity index (χ3v) is 3.97. The second-order valence-electron chi connectivity index (χ2n) is 5.57. The van der Waals surface area contributed by atoms with Gasteiger partial charge < -0.3 is 24.8 Å². The van der Waals surface area contributed by atoms with Crippen LogP contribution in [0.2, 0.25) is 0 Å². The van der Waals surface area contributed by atoms with Crippen LogP contribution in [0.4, 0.5) is 0 Å². The molecule has 2 aliphatic rings. The lowest BCUT2D eigenvalue weighted by Gasteiger charge is -2.37. The topological polar surface area (TPSA) is 68.8 Å². The van der Waals surface area contributed by atoms with Gasteiger partial charge in [0.15, 0.2) is 0 Å². The number of amides is 1. The SMILES string of the molecule is COCCNC(=O)CCNC1CCOC2(CCOC2)C1. The van der Waals surface area contributed by atoms with E-state index < -0.39 is 0 Å². The summed E-state index contributed by atoms with van der Waals surface area (Å²) in [5.74, 6) is 0.0699. The van der Waals surface area contributed by atoms with E-state index in [2.05, 4.69) is 10.6 Å². The second kappa shape index (κ2) is 7.93. The number of methoxy groups -OCH3 is 1. The summed E-state index contributed by atoms with van der Waals surface area (Å²) in [4.78, 5) is 11.6. The summed E-state index contributed by atoms with van der Waals surface area (Å²) >= 11 is 0. The first kappa shape index (κ1) is 15.7. The number of carbonyl (C=O) groups excluding carboxylic acids is 1. The first-order chi connectivity index (χ1) is 9.74. The Morgan fingerprint density at radius 3 is 3.05 bits per heavy atom. The van der Waals surface area contributed by atoms with E-state index in [9.17, 15) is 4.79 Å². The van der Waals surface area contributed by atoms with Gasteiger partial charge in [-0.1, -0.05) is 0 Å². The summed E-state index contributed by atoms with van der Waals surface area (Å²) in [7, 11) is 1.63. The molecule has 2 aliphatic heterocycles. The highest BCUT2D eigenvalue weighted by atomic mass is 16.6. The Balaban J connectivity index is 1.60.